The van der Waals surface area contributed by atoms with Crippen LogP contribution in [0.25, 0.3) is 6.08 Å². The average Bonchev–Trinajstić information content (AvgIpc) is 2.72. The van der Waals surface area contributed by atoms with Crippen molar-refractivity contribution in [3.8, 4) is 0 Å². The highest BCUT2D eigenvalue weighted by Crippen LogP contribution is 2.26. The van der Waals surface area contributed by atoms with Crippen molar-refractivity contribution in [2.75, 3.05) is 0 Å². The molecule has 7 nitrogen and oxygen atoms in total. The van der Waals surface area contributed by atoms with Gasteiger partial charge < -0.3 is 14.3 Å². The predicted molar refractivity (Wildman–Crippen MR) is 80.2 cm³/mol. The van der Waals surface area contributed by atoms with Crippen molar-refractivity contribution >= 4 is 18.1 Å². The molecule has 0 aliphatic rings. The lowest BCUT2D eigenvalue weighted by atomic mass is 9.91. The van der Waals surface area contributed by atoms with Crippen LogP contribution in [-0.4, -0.2) is 27.8 Å². The third-order valence-corrected chi connectivity index (χ3v) is 2.42. The molecule has 1 rings (SSSR count). The lowest BCUT2D eigenvalue weighted by Gasteiger charge is -2.20. The first-order valence-electron chi connectivity index (χ1n) is 6.79. The minimum absolute atomic E-state index is 0.221. The highest BCUT2D eigenvalue weighted by atomic mass is 16.6. The summed E-state index contributed by atoms with van der Waals surface area (Å²) in [5.74, 6) is -0.237. The summed E-state index contributed by atoms with van der Waals surface area (Å²) >= 11 is 0. The first-order chi connectivity index (χ1) is 9.90. The van der Waals surface area contributed by atoms with Crippen LogP contribution in [0.3, 0.4) is 0 Å². The smallest absolute Gasteiger partial charge is 0.409 e. The molecule has 22 heavy (non-hydrogen) atoms. The van der Waals surface area contributed by atoms with Gasteiger partial charge in [0.25, 0.3) is 0 Å². The number of rotatable bonds is 3. The Hall–Kier alpha value is -2.31. The number of carbonyl (C=O) groups is 2. The fourth-order valence-corrected chi connectivity index (χ4v) is 1.65. The molecule has 0 radical (unpaired) electrons. The molecular weight excluding hydrogens is 288 g/mol. The number of nitrogens with zero attached hydrogens (tertiary/aromatic N) is 1. The Morgan fingerprint density at radius 2 is 1.86 bits per heavy atom. The number of carboxylic acid groups (broad SMARTS) is 1. The van der Waals surface area contributed by atoms with E-state index in [0.29, 0.717) is 11.5 Å². The number of nitrogens with one attached hydrogen (secondary N) is 1. The Balaban J connectivity index is 3.20. The highest BCUT2D eigenvalue weighted by molar-refractivity contribution is 5.96. The number of aromatic nitrogens is 1. The molecule has 7 heteroatoms. The second-order valence-corrected chi connectivity index (χ2v) is 6.81. The third-order valence-electron chi connectivity index (χ3n) is 2.42. The zero-order valence-corrected chi connectivity index (χ0v) is 13.7. The molecule has 0 fully saturated rings. The third kappa shape index (κ3) is 5.23. The van der Waals surface area contributed by atoms with Gasteiger partial charge in [0.05, 0.1) is 0 Å². The van der Waals surface area contributed by atoms with Crippen molar-refractivity contribution in [1.29, 1.82) is 0 Å². The average molecular weight is 310 g/mol. The number of carbonyl (C=O) groups excluding carboxylic acids is 1. The summed E-state index contributed by atoms with van der Waals surface area (Å²) in [4.78, 5) is 27.0. The second kappa shape index (κ2) is 6.21. The molecule has 1 amide bonds. The number of oxazole rings is 1. The molecule has 0 atom stereocenters. The van der Waals surface area contributed by atoms with Gasteiger partial charge in [-0.05, 0) is 26.8 Å². The summed E-state index contributed by atoms with van der Waals surface area (Å²) in [5, 5.41) is 10.9. The van der Waals surface area contributed by atoms with Crippen LogP contribution in [0.5, 0.6) is 0 Å². The molecule has 0 spiro atoms. The van der Waals surface area contributed by atoms with Crippen molar-refractivity contribution in [2.45, 2.75) is 52.6 Å². The number of esters is 1. The van der Waals surface area contributed by atoms with Crippen molar-refractivity contribution < 1.29 is 23.8 Å². The van der Waals surface area contributed by atoms with Gasteiger partial charge in [-0.15, -0.1) is 0 Å². The van der Waals surface area contributed by atoms with Gasteiger partial charge >= 0.3 is 12.1 Å². The zero-order valence-electron chi connectivity index (χ0n) is 13.7. The Labute approximate surface area is 129 Å². The molecule has 0 aromatic carbocycles. The number of amides is 1. The topological polar surface area (TPSA) is 102 Å². The molecule has 2 N–H and O–H groups in total. The Morgan fingerprint density at radius 1 is 1.27 bits per heavy atom. The van der Waals surface area contributed by atoms with Gasteiger partial charge in [-0.1, -0.05) is 20.8 Å². The molecule has 122 valence electrons. The molecular formula is C15H22N2O5. The van der Waals surface area contributed by atoms with E-state index in [2.05, 4.69) is 4.98 Å². The monoisotopic (exact) mass is 310 g/mol. The fourth-order valence-electron chi connectivity index (χ4n) is 1.65. The normalized spacial score (nSPS) is 12.9. The summed E-state index contributed by atoms with van der Waals surface area (Å²) in [7, 11) is 0. The van der Waals surface area contributed by atoms with E-state index in [4.69, 9.17) is 14.3 Å². The van der Waals surface area contributed by atoms with Crippen molar-refractivity contribution in [3.63, 3.8) is 0 Å². The first kappa shape index (κ1) is 17.7. The molecule has 1 heterocycles. The summed E-state index contributed by atoms with van der Waals surface area (Å²) in [6.45, 7) is 10.8. The molecule has 0 aliphatic heterocycles. The van der Waals surface area contributed by atoms with Gasteiger partial charge in [0.1, 0.15) is 22.8 Å². The van der Waals surface area contributed by atoms with Crippen LogP contribution in [0.4, 0.5) is 4.79 Å². The van der Waals surface area contributed by atoms with Crippen LogP contribution in [0.1, 0.15) is 53.0 Å². The van der Waals surface area contributed by atoms with Crippen molar-refractivity contribution in [1.82, 2.24) is 10.3 Å². The van der Waals surface area contributed by atoms with E-state index in [0.717, 1.165) is 0 Å². The quantitative estimate of drug-likeness (QED) is 0.657. The number of hydrogen-bond donors (Lipinski definition) is 2. The fraction of sp³-hybridized carbons (Fsp3) is 0.533. The summed E-state index contributed by atoms with van der Waals surface area (Å²) in [6, 6.07) is 0. The maximum absolute atomic E-state index is 12.1. The Bertz CT molecular complexity index is 588. The van der Waals surface area contributed by atoms with Gasteiger partial charge in [-0.2, -0.15) is 0 Å². The highest BCUT2D eigenvalue weighted by Gasteiger charge is 2.25. The van der Waals surface area contributed by atoms with Crippen LogP contribution < -0.4 is 5.32 Å². The maximum atomic E-state index is 12.1. The van der Waals surface area contributed by atoms with Crippen LogP contribution in [0.15, 0.2) is 16.5 Å². The second-order valence-electron chi connectivity index (χ2n) is 6.81. The minimum Gasteiger partial charge on any atom is -0.465 e. The summed E-state index contributed by atoms with van der Waals surface area (Å²) in [5.41, 5.74) is -0.929. The van der Waals surface area contributed by atoms with Gasteiger partial charge in [-0.25, -0.2) is 14.6 Å². The van der Waals surface area contributed by atoms with Gasteiger partial charge in [0, 0.05) is 5.41 Å². The van der Waals surface area contributed by atoms with E-state index in [1.165, 1.54) is 12.5 Å². The first-order valence-corrected chi connectivity index (χ1v) is 6.79. The standard InChI is InChI=1S/C15H22N2O5/c1-14(2,3)11-9(16-8-21-11)7-10(17-13(19)20)12(18)22-15(4,5)6/h7-8,17H,1-6H3,(H,19,20)/b10-7+. The molecule has 0 unspecified atom stereocenters. The number of ether oxygens (including phenoxy) is 1. The van der Waals surface area contributed by atoms with Gasteiger partial charge in [-0.3, -0.25) is 5.32 Å². The van der Waals surface area contributed by atoms with E-state index in [1.54, 1.807) is 20.8 Å². The van der Waals surface area contributed by atoms with Gasteiger partial charge in [0.2, 0.25) is 0 Å². The molecule has 0 aliphatic carbocycles. The molecule has 0 saturated carbocycles. The minimum atomic E-state index is -1.36. The molecule has 0 bridgehead atoms. The lowest BCUT2D eigenvalue weighted by molar-refractivity contribution is -0.150. The molecule has 1 aromatic heterocycles. The Morgan fingerprint density at radius 3 is 2.32 bits per heavy atom. The SMILES string of the molecule is CC(C)(C)OC(=O)/C(=C\c1ncoc1C(C)(C)C)NC(=O)O. The van der Waals surface area contributed by atoms with E-state index < -0.39 is 17.7 Å². The summed E-state index contributed by atoms with van der Waals surface area (Å²) in [6.07, 6.45) is 1.20. The Kier molecular flexibility index (Phi) is 5.01. The van der Waals surface area contributed by atoms with Crippen molar-refractivity contribution in [2.24, 2.45) is 0 Å². The lowest BCUT2D eigenvalue weighted by Crippen LogP contribution is -2.32. The summed E-state index contributed by atoms with van der Waals surface area (Å²) < 4.78 is 10.5. The predicted octanol–water partition coefficient (Wildman–Crippen LogP) is 2.92. The maximum Gasteiger partial charge on any atom is 0.409 e. The van der Waals surface area contributed by atoms with Crippen molar-refractivity contribution in [3.05, 3.63) is 23.5 Å². The van der Waals surface area contributed by atoms with Crippen LogP contribution >= 0.6 is 0 Å². The molecule has 0 saturated heterocycles. The zero-order chi connectivity index (χ0) is 17.1. The van der Waals surface area contributed by atoms with E-state index in [1.807, 2.05) is 26.1 Å². The van der Waals surface area contributed by atoms with E-state index in [-0.39, 0.29) is 11.1 Å². The van der Waals surface area contributed by atoms with Crippen LogP contribution in [0.2, 0.25) is 0 Å². The molecule has 1 aromatic rings. The van der Waals surface area contributed by atoms with E-state index >= 15 is 0 Å². The largest absolute Gasteiger partial charge is 0.465 e. The number of hydrogen-bond acceptors (Lipinski definition) is 5. The van der Waals surface area contributed by atoms with Crippen LogP contribution in [-0.2, 0) is 14.9 Å². The van der Waals surface area contributed by atoms with Crippen LogP contribution in [0, 0.1) is 0 Å². The van der Waals surface area contributed by atoms with E-state index in [9.17, 15) is 9.59 Å². The van der Waals surface area contributed by atoms with Gasteiger partial charge in [0.15, 0.2) is 6.39 Å².